The second kappa shape index (κ2) is 4.82. The van der Waals surface area contributed by atoms with Crippen LogP contribution in [0.3, 0.4) is 0 Å². The Morgan fingerprint density at radius 1 is 1.19 bits per heavy atom. The van der Waals surface area contributed by atoms with Gasteiger partial charge in [0.05, 0.1) is 22.4 Å². The number of carbonyl (C=O) groups excluding carboxylic acids is 2. The lowest BCUT2D eigenvalue weighted by Crippen LogP contribution is -2.41. The van der Waals surface area contributed by atoms with Crippen molar-refractivity contribution < 1.29 is 18.9 Å². The number of hydrogen-bond acceptors (Lipinski definition) is 7. The van der Waals surface area contributed by atoms with E-state index in [2.05, 4.69) is 10.3 Å². The fraction of sp³-hybridized carbons (Fsp3) is 0.444. The molecule has 4 aliphatic rings. The van der Waals surface area contributed by atoms with E-state index >= 15 is 0 Å². The monoisotopic (exact) mass is 369 g/mol. The fourth-order valence-electron chi connectivity index (χ4n) is 5.43. The van der Waals surface area contributed by atoms with Crippen molar-refractivity contribution >= 4 is 34.7 Å². The second-order valence-electron chi connectivity index (χ2n) is 7.48. The van der Waals surface area contributed by atoms with Crippen molar-refractivity contribution in [3.63, 3.8) is 0 Å². The van der Waals surface area contributed by atoms with Crippen LogP contribution >= 0.6 is 11.3 Å². The number of thiophene rings is 1. The Labute approximate surface area is 152 Å². The van der Waals surface area contributed by atoms with Gasteiger partial charge in [-0.1, -0.05) is 16.4 Å². The van der Waals surface area contributed by atoms with E-state index < -0.39 is 0 Å². The van der Waals surface area contributed by atoms with E-state index in [9.17, 15) is 9.59 Å². The predicted octanol–water partition coefficient (Wildman–Crippen LogP) is 2.22. The van der Waals surface area contributed by atoms with Gasteiger partial charge in [-0.2, -0.15) is 0 Å². The number of nitrogens with zero attached hydrogens (tertiary/aromatic N) is 3. The summed E-state index contributed by atoms with van der Waals surface area (Å²) < 4.78 is 5.20. The number of aryl methyl sites for hydroxylation is 1. The Balaban J connectivity index is 1.38. The number of imide groups is 1. The highest BCUT2D eigenvalue weighted by Crippen LogP contribution is 2.62. The SMILES string of the molecule is Cc1cc(N2C(=O)[C@@H]3[C@H]4C[C@H]([C@@H]5ON=C(c6cccs6)[C@H]45)[C@@H]3C2=O)on1. The minimum atomic E-state index is -0.336. The van der Waals surface area contributed by atoms with Crippen LogP contribution in [-0.2, 0) is 14.4 Å². The van der Waals surface area contributed by atoms with Gasteiger partial charge in [-0.25, -0.2) is 4.90 Å². The number of hydrogen-bond donors (Lipinski definition) is 0. The average Bonchev–Trinajstić information content (AvgIpc) is 3.38. The van der Waals surface area contributed by atoms with Crippen LogP contribution in [0.4, 0.5) is 5.88 Å². The summed E-state index contributed by atoms with van der Waals surface area (Å²) in [5.74, 6) is -0.569. The van der Waals surface area contributed by atoms with Gasteiger partial charge in [0.1, 0.15) is 11.8 Å². The molecule has 6 rings (SSSR count). The third-order valence-electron chi connectivity index (χ3n) is 6.30. The highest BCUT2D eigenvalue weighted by molar-refractivity contribution is 7.12. The van der Waals surface area contributed by atoms with E-state index in [0.717, 1.165) is 17.0 Å². The van der Waals surface area contributed by atoms with Crippen molar-refractivity contribution in [3.8, 4) is 0 Å². The topological polar surface area (TPSA) is 85.0 Å². The Kier molecular flexibility index (Phi) is 2.72. The molecule has 3 fully saturated rings. The van der Waals surface area contributed by atoms with Crippen LogP contribution in [0.5, 0.6) is 0 Å². The van der Waals surface area contributed by atoms with Gasteiger partial charge in [0, 0.05) is 17.9 Å². The number of amides is 2. The van der Waals surface area contributed by atoms with Gasteiger partial charge in [-0.05, 0) is 30.7 Å². The Morgan fingerprint density at radius 3 is 2.69 bits per heavy atom. The molecule has 2 bridgehead atoms. The molecule has 0 radical (unpaired) electrons. The summed E-state index contributed by atoms with van der Waals surface area (Å²) in [5, 5.41) is 10.2. The van der Waals surface area contributed by atoms with E-state index in [4.69, 9.17) is 9.36 Å². The average molecular weight is 369 g/mol. The highest BCUT2D eigenvalue weighted by atomic mass is 32.1. The summed E-state index contributed by atoms with van der Waals surface area (Å²) in [6, 6.07) is 5.66. The third kappa shape index (κ3) is 1.63. The van der Waals surface area contributed by atoms with Gasteiger partial charge >= 0.3 is 0 Å². The first-order valence-corrected chi connectivity index (χ1v) is 9.62. The minimum absolute atomic E-state index is 0.0293. The molecule has 0 spiro atoms. The molecule has 26 heavy (non-hydrogen) atoms. The van der Waals surface area contributed by atoms with Crippen molar-refractivity contribution in [3.05, 3.63) is 34.2 Å². The summed E-state index contributed by atoms with van der Waals surface area (Å²) in [4.78, 5) is 34.2. The van der Waals surface area contributed by atoms with Crippen LogP contribution in [0.15, 0.2) is 33.3 Å². The van der Waals surface area contributed by atoms with Crippen molar-refractivity contribution in [2.75, 3.05) is 4.90 Å². The van der Waals surface area contributed by atoms with Gasteiger partial charge in [-0.3, -0.25) is 9.59 Å². The largest absolute Gasteiger partial charge is 0.391 e. The molecule has 6 atom stereocenters. The molecule has 0 aromatic carbocycles. The number of aromatic nitrogens is 1. The van der Waals surface area contributed by atoms with Crippen LogP contribution in [0, 0.1) is 36.5 Å². The number of oxime groups is 1. The first kappa shape index (κ1) is 14.7. The Morgan fingerprint density at radius 2 is 2.00 bits per heavy atom. The molecule has 2 aliphatic heterocycles. The van der Waals surface area contributed by atoms with Crippen molar-refractivity contribution in [2.45, 2.75) is 19.4 Å². The molecule has 0 N–H and O–H groups in total. The molecular weight excluding hydrogens is 354 g/mol. The smallest absolute Gasteiger partial charge is 0.240 e. The van der Waals surface area contributed by atoms with Crippen LogP contribution < -0.4 is 4.90 Å². The van der Waals surface area contributed by atoms with E-state index in [1.807, 2.05) is 17.5 Å². The van der Waals surface area contributed by atoms with E-state index in [0.29, 0.717) is 5.69 Å². The standard InChI is InChI=1S/C18H15N3O4S/c1-7-5-11(24-19-7)21-17(22)12-8-6-9(13(12)18(21)23)16-14(8)15(20-25-16)10-3-2-4-26-10/h2-5,8-9,12-14,16H,6H2,1H3/t8-,9+,12-,13+,14+,16+/m1/s1. The van der Waals surface area contributed by atoms with Crippen LogP contribution in [-0.4, -0.2) is 28.8 Å². The molecule has 0 unspecified atom stereocenters. The molecule has 2 aromatic rings. The van der Waals surface area contributed by atoms with Gasteiger partial charge in [0.2, 0.25) is 17.7 Å². The maximum atomic E-state index is 13.1. The molecule has 7 nitrogen and oxygen atoms in total. The molecule has 2 aromatic heterocycles. The van der Waals surface area contributed by atoms with Crippen molar-refractivity contribution in [2.24, 2.45) is 34.7 Å². The van der Waals surface area contributed by atoms with Gasteiger partial charge in [0.15, 0.2) is 0 Å². The van der Waals surface area contributed by atoms with Crippen molar-refractivity contribution in [1.29, 1.82) is 0 Å². The Bertz CT molecular complexity index is 965. The van der Waals surface area contributed by atoms with E-state index in [1.165, 1.54) is 4.90 Å². The molecule has 132 valence electrons. The summed E-state index contributed by atoms with van der Waals surface area (Å²) in [5.41, 5.74) is 1.58. The zero-order valence-electron chi connectivity index (χ0n) is 13.9. The fourth-order valence-corrected chi connectivity index (χ4v) is 6.18. The van der Waals surface area contributed by atoms with Crippen LogP contribution in [0.1, 0.15) is 17.0 Å². The summed E-state index contributed by atoms with van der Waals surface area (Å²) in [7, 11) is 0. The molecule has 2 aliphatic carbocycles. The molecule has 1 saturated heterocycles. The lowest BCUT2D eigenvalue weighted by molar-refractivity contribution is -0.125. The molecular formula is C18H15N3O4S. The second-order valence-corrected chi connectivity index (χ2v) is 8.43. The molecule has 2 saturated carbocycles. The summed E-state index contributed by atoms with van der Waals surface area (Å²) in [6.07, 6.45) is 0.738. The third-order valence-corrected chi connectivity index (χ3v) is 7.19. The molecule has 8 heteroatoms. The summed E-state index contributed by atoms with van der Waals surface area (Å²) in [6.45, 7) is 1.77. The van der Waals surface area contributed by atoms with Gasteiger partial charge in [-0.15, -0.1) is 11.3 Å². The van der Waals surface area contributed by atoms with Crippen LogP contribution in [0.25, 0.3) is 0 Å². The van der Waals surface area contributed by atoms with Gasteiger partial charge in [0.25, 0.3) is 0 Å². The van der Waals surface area contributed by atoms with E-state index in [1.54, 1.807) is 24.3 Å². The first-order valence-electron chi connectivity index (χ1n) is 8.74. The normalized spacial score (nSPS) is 37.1. The molecule has 4 heterocycles. The lowest BCUT2D eigenvalue weighted by atomic mass is 9.72. The number of anilines is 1. The number of rotatable bonds is 2. The number of fused-ring (bicyclic) bond motifs is 8. The minimum Gasteiger partial charge on any atom is -0.391 e. The van der Waals surface area contributed by atoms with E-state index in [-0.39, 0.29) is 53.4 Å². The van der Waals surface area contributed by atoms with Crippen LogP contribution in [0.2, 0.25) is 0 Å². The molecule has 2 amide bonds. The van der Waals surface area contributed by atoms with Gasteiger partial charge < -0.3 is 9.36 Å². The maximum Gasteiger partial charge on any atom is 0.240 e. The zero-order chi connectivity index (χ0) is 17.6. The summed E-state index contributed by atoms with van der Waals surface area (Å²) >= 11 is 1.63. The predicted molar refractivity (Wildman–Crippen MR) is 91.5 cm³/mol. The quantitative estimate of drug-likeness (QED) is 0.758. The highest BCUT2D eigenvalue weighted by Gasteiger charge is 2.71. The maximum absolute atomic E-state index is 13.1. The zero-order valence-corrected chi connectivity index (χ0v) is 14.7. The first-order chi connectivity index (χ1) is 12.6. The van der Waals surface area contributed by atoms with Crippen molar-refractivity contribution in [1.82, 2.24) is 5.16 Å². The number of carbonyl (C=O) groups is 2. The lowest BCUT2D eigenvalue weighted by Gasteiger charge is -2.29. The Hall–Kier alpha value is -2.48.